The van der Waals surface area contributed by atoms with Crippen LogP contribution in [0.3, 0.4) is 0 Å². The molecule has 1 aliphatic heterocycles. The van der Waals surface area contributed by atoms with Crippen molar-refractivity contribution in [1.29, 1.82) is 0 Å². The second-order valence-corrected chi connectivity index (χ2v) is 6.40. The molecule has 0 radical (unpaired) electrons. The van der Waals surface area contributed by atoms with E-state index < -0.39 is 16.1 Å². The van der Waals surface area contributed by atoms with Gasteiger partial charge in [0.1, 0.15) is 18.2 Å². The molecule has 2 aromatic heterocycles. The monoisotopic (exact) mass is 312 g/mol. The van der Waals surface area contributed by atoms with E-state index in [9.17, 15) is 8.42 Å². The van der Waals surface area contributed by atoms with Crippen LogP contribution in [-0.2, 0) is 21.3 Å². The number of hydrogen-bond donors (Lipinski definition) is 1. The molecule has 21 heavy (non-hydrogen) atoms. The molecule has 0 saturated carbocycles. The van der Waals surface area contributed by atoms with Gasteiger partial charge in [-0.1, -0.05) is 0 Å². The summed E-state index contributed by atoms with van der Waals surface area (Å²) >= 11 is 0. The number of aryl methyl sites for hydroxylation is 1. The lowest BCUT2D eigenvalue weighted by molar-refractivity contribution is 0.0288. The first-order chi connectivity index (χ1) is 10.1. The molecule has 10 heteroatoms. The summed E-state index contributed by atoms with van der Waals surface area (Å²) in [6.45, 7) is 3.19. The number of hydrogen-bond acceptors (Lipinski definition) is 6. The van der Waals surface area contributed by atoms with Crippen molar-refractivity contribution in [3.05, 3.63) is 24.4 Å². The van der Waals surface area contributed by atoms with Gasteiger partial charge in [-0.3, -0.25) is 9.78 Å². The Morgan fingerprint density at radius 1 is 1.52 bits per heavy atom. The smallest absolute Gasteiger partial charge is 0.261 e. The van der Waals surface area contributed by atoms with Gasteiger partial charge in [0.05, 0.1) is 19.4 Å². The summed E-state index contributed by atoms with van der Waals surface area (Å²) in [5.41, 5.74) is 0. The van der Waals surface area contributed by atoms with Crippen molar-refractivity contribution < 1.29 is 13.2 Å². The summed E-state index contributed by atoms with van der Waals surface area (Å²) in [5.74, 6) is 0.473. The Labute approximate surface area is 122 Å². The maximum absolute atomic E-state index is 12.9. The lowest BCUT2D eigenvalue weighted by Gasteiger charge is -2.32. The molecule has 114 valence electrons. The Kier molecular flexibility index (Phi) is 3.74. The molecule has 1 N–H and O–H groups in total. The first kappa shape index (κ1) is 14.2. The van der Waals surface area contributed by atoms with Crippen molar-refractivity contribution in [2.45, 2.75) is 24.5 Å². The lowest BCUT2D eigenvalue weighted by Crippen LogP contribution is -2.44. The third kappa shape index (κ3) is 2.45. The van der Waals surface area contributed by atoms with Gasteiger partial charge in [0.25, 0.3) is 10.0 Å². The SMILES string of the molecule is CCn1nccc1S(=O)(=O)N1CCOCC1c1ncn[nH]1. The third-order valence-electron chi connectivity index (χ3n) is 3.38. The van der Waals surface area contributed by atoms with E-state index in [0.29, 0.717) is 19.0 Å². The third-order valence-corrected chi connectivity index (χ3v) is 5.31. The largest absolute Gasteiger partial charge is 0.378 e. The molecule has 1 saturated heterocycles. The summed E-state index contributed by atoms with van der Waals surface area (Å²) in [4.78, 5) is 4.05. The Hall–Kier alpha value is -1.78. The van der Waals surface area contributed by atoms with E-state index in [1.807, 2.05) is 6.92 Å². The van der Waals surface area contributed by atoms with Gasteiger partial charge in [-0.2, -0.15) is 14.5 Å². The second kappa shape index (κ2) is 5.54. The van der Waals surface area contributed by atoms with Gasteiger partial charge in [-0.15, -0.1) is 0 Å². The zero-order valence-electron chi connectivity index (χ0n) is 11.5. The summed E-state index contributed by atoms with van der Waals surface area (Å²) < 4.78 is 34.0. The average molecular weight is 312 g/mol. The van der Waals surface area contributed by atoms with E-state index in [1.165, 1.54) is 27.6 Å². The van der Waals surface area contributed by atoms with Gasteiger partial charge < -0.3 is 4.74 Å². The standard InChI is InChI=1S/C11H16N6O3S/c1-2-16-10(3-4-14-16)21(18,19)17-5-6-20-7-9(17)11-12-8-13-15-11/h3-4,8-9H,2,5-7H2,1H3,(H,12,13,15). The lowest BCUT2D eigenvalue weighted by atomic mass is 10.2. The van der Waals surface area contributed by atoms with Crippen molar-refractivity contribution in [2.75, 3.05) is 19.8 Å². The number of rotatable bonds is 4. The fourth-order valence-electron chi connectivity index (χ4n) is 2.36. The molecule has 1 aliphatic rings. The number of nitrogens with zero attached hydrogens (tertiary/aromatic N) is 5. The molecule has 0 aromatic carbocycles. The van der Waals surface area contributed by atoms with Crippen LogP contribution in [-0.4, -0.2) is 57.4 Å². The molecule has 0 aliphatic carbocycles. The highest BCUT2D eigenvalue weighted by Gasteiger charge is 2.38. The molecule has 9 nitrogen and oxygen atoms in total. The maximum Gasteiger partial charge on any atom is 0.261 e. The fraction of sp³-hybridized carbons (Fsp3) is 0.545. The first-order valence-electron chi connectivity index (χ1n) is 6.61. The predicted octanol–water partition coefficient (Wildman–Crippen LogP) is -0.217. The Bertz CT molecular complexity index is 695. The maximum atomic E-state index is 12.9. The zero-order chi connectivity index (χ0) is 14.9. The van der Waals surface area contributed by atoms with Crippen molar-refractivity contribution in [3.63, 3.8) is 0 Å². The minimum absolute atomic E-state index is 0.177. The van der Waals surface area contributed by atoms with Gasteiger partial charge in [-0.05, 0) is 13.0 Å². The number of sulfonamides is 1. The minimum atomic E-state index is -3.67. The highest BCUT2D eigenvalue weighted by molar-refractivity contribution is 7.89. The van der Waals surface area contributed by atoms with E-state index in [0.717, 1.165) is 0 Å². The summed E-state index contributed by atoms with van der Waals surface area (Å²) in [6.07, 6.45) is 2.84. The molecular weight excluding hydrogens is 296 g/mol. The quantitative estimate of drug-likeness (QED) is 0.837. The van der Waals surface area contributed by atoms with E-state index in [1.54, 1.807) is 0 Å². The number of aromatic nitrogens is 5. The topological polar surface area (TPSA) is 106 Å². The van der Waals surface area contributed by atoms with Crippen LogP contribution in [0.25, 0.3) is 0 Å². The van der Waals surface area contributed by atoms with Gasteiger partial charge in [-0.25, -0.2) is 13.4 Å². The minimum Gasteiger partial charge on any atom is -0.378 e. The predicted molar refractivity (Wildman–Crippen MR) is 71.7 cm³/mol. The number of H-pyrrole nitrogens is 1. The van der Waals surface area contributed by atoms with Crippen LogP contribution in [0.2, 0.25) is 0 Å². The Morgan fingerprint density at radius 3 is 3.10 bits per heavy atom. The van der Waals surface area contributed by atoms with Crippen molar-refractivity contribution in [2.24, 2.45) is 0 Å². The summed E-state index contributed by atoms with van der Waals surface area (Å²) in [7, 11) is -3.67. The number of nitrogens with one attached hydrogen (secondary N) is 1. The van der Waals surface area contributed by atoms with E-state index in [-0.39, 0.29) is 18.2 Å². The molecular formula is C11H16N6O3S. The summed E-state index contributed by atoms with van der Waals surface area (Å²) in [6, 6.07) is 0.998. The van der Waals surface area contributed by atoms with Crippen molar-refractivity contribution in [3.8, 4) is 0 Å². The molecule has 1 atom stereocenters. The number of aromatic amines is 1. The van der Waals surface area contributed by atoms with Crippen LogP contribution >= 0.6 is 0 Å². The van der Waals surface area contributed by atoms with Crippen LogP contribution in [0.4, 0.5) is 0 Å². The van der Waals surface area contributed by atoms with Crippen molar-refractivity contribution >= 4 is 10.0 Å². The molecule has 0 bridgehead atoms. The molecule has 1 unspecified atom stereocenters. The van der Waals surface area contributed by atoms with Gasteiger partial charge in [0.15, 0.2) is 5.03 Å². The van der Waals surface area contributed by atoms with E-state index >= 15 is 0 Å². The van der Waals surface area contributed by atoms with Gasteiger partial charge in [0.2, 0.25) is 0 Å². The van der Waals surface area contributed by atoms with Crippen molar-refractivity contribution in [1.82, 2.24) is 29.3 Å². The van der Waals surface area contributed by atoms with E-state index in [4.69, 9.17) is 4.74 Å². The van der Waals surface area contributed by atoms with E-state index in [2.05, 4.69) is 20.3 Å². The highest BCUT2D eigenvalue weighted by atomic mass is 32.2. The fourth-order valence-corrected chi connectivity index (χ4v) is 4.09. The Morgan fingerprint density at radius 2 is 2.38 bits per heavy atom. The van der Waals surface area contributed by atoms with Crippen LogP contribution in [0, 0.1) is 0 Å². The molecule has 0 spiro atoms. The zero-order valence-corrected chi connectivity index (χ0v) is 12.3. The average Bonchev–Trinajstić information content (AvgIpc) is 3.18. The molecule has 1 fully saturated rings. The van der Waals surface area contributed by atoms with Crippen LogP contribution in [0.1, 0.15) is 18.8 Å². The van der Waals surface area contributed by atoms with Crippen LogP contribution in [0.5, 0.6) is 0 Å². The molecule has 3 rings (SSSR count). The number of morpholine rings is 1. The first-order valence-corrected chi connectivity index (χ1v) is 8.05. The van der Waals surface area contributed by atoms with Gasteiger partial charge in [0, 0.05) is 13.1 Å². The summed E-state index contributed by atoms with van der Waals surface area (Å²) in [5, 5.41) is 10.7. The Balaban J connectivity index is 2.00. The normalized spacial score (nSPS) is 20.7. The van der Waals surface area contributed by atoms with Gasteiger partial charge >= 0.3 is 0 Å². The second-order valence-electron chi connectivity index (χ2n) is 4.56. The van der Waals surface area contributed by atoms with Crippen LogP contribution in [0.15, 0.2) is 23.6 Å². The molecule has 2 aromatic rings. The molecule has 3 heterocycles. The van der Waals surface area contributed by atoms with Crippen LogP contribution < -0.4 is 0 Å². The molecule has 0 amide bonds. The number of ether oxygens (including phenoxy) is 1. The highest BCUT2D eigenvalue weighted by Crippen LogP contribution is 2.28.